The summed E-state index contributed by atoms with van der Waals surface area (Å²) < 4.78 is 1.69. The van der Waals surface area contributed by atoms with Crippen molar-refractivity contribution in [1.82, 2.24) is 9.78 Å². The van der Waals surface area contributed by atoms with Crippen LogP contribution < -0.4 is 0 Å². The maximum absolute atomic E-state index is 13.3. The summed E-state index contributed by atoms with van der Waals surface area (Å²) in [5, 5.41) is 4.93. The van der Waals surface area contributed by atoms with Crippen LogP contribution in [0.5, 0.6) is 0 Å². The van der Waals surface area contributed by atoms with Crippen molar-refractivity contribution in [2.75, 3.05) is 0 Å². The van der Waals surface area contributed by atoms with E-state index in [4.69, 9.17) is 5.10 Å². The minimum Gasteiger partial charge on any atom is -0.267 e. The summed E-state index contributed by atoms with van der Waals surface area (Å²) in [6.07, 6.45) is 5.76. The number of carbonyl (C=O) groups is 1. The van der Waals surface area contributed by atoms with E-state index in [2.05, 4.69) is 52.0 Å². The Morgan fingerprint density at radius 3 is 2.47 bits per heavy atom. The average molecular weight is 399 g/mol. The first kappa shape index (κ1) is 20.3. The predicted octanol–water partition coefficient (Wildman–Crippen LogP) is 6.85. The molecule has 0 fully saturated rings. The van der Waals surface area contributed by atoms with Gasteiger partial charge in [-0.1, -0.05) is 75.4 Å². The maximum Gasteiger partial charge on any atom is 0.271 e. The monoisotopic (exact) mass is 398 g/mol. The Hall–Kier alpha value is -2.94. The molecular formula is C27H30N2O. The van der Waals surface area contributed by atoms with Gasteiger partial charge < -0.3 is 0 Å². The van der Waals surface area contributed by atoms with Gasteiger partial charge >= 0.3 is 0 Å². The van der Waals surface area contributed by atoms with Crippen molar-refractivity contribution < 1.29 is 4.79 Å². The minimum absolute atomic E-state index is 0.0744. The number of aromatic nitrogens is 2. The number of allylic oxidation sites excluding steroid dienone is 1. The smallest absolute Gasteiger partial charge is 0.267 e. The molecule has 1 heterocycles. The Kier molecular flexibility index (Phi) is 5.72. The van der Waals surface area contributed by atoms with Crippen LogP contribution in [0.4, 0.5) is 0 Å². The average Bonchev–Trinajstić information content (AvgIpc) is 3.14. The van der Waals surface area contributed by atoms with Crippen molar-refractivity contribution in [2.24, 2.45) is 5.92 Å². The van der Waals surface area contributed by atoms with Crippen molar-refractivity contribution in [3.05, 3.63) is 83.1 Å². The Labute approximate surface area is 179 Å². The lowest BCUT2D eigenvalue weighted by Crippen LogP contribution is -2.23. The van der Waals surface area contributed by atoms with E-state index in [9.17, 15) is 4.79 Å². The van der Waals surface area contributed by atoms with E-state index in [1.54, 1.807) is 10.8 Å². The summed E-state index contributed by atoms with van der Waals surface area (Å²) >= 11 is 0. The molecule has 0 spiro atoms. The molecule has 2 aromatic carbocycles. The van der Waals surface area contributed by atoms with E-state index in [0.717, 1.165) is 35.4 Å². The molecule has 154 valence electrons. The summed E-state index contributed by atoms with van der Waals surface area (Å²) in [6, 6.07) is 18.3. The minimum atomic E-state index is -0.0744. The fourth-order valence-electron chi connectivity index (χ4n) is 4.65. The van der Waals surface area contributed by atoms with Gasteiger partial charge in [-0.3, -0.25) is 4.79 Å². The number of aryl methyl sites for hydroxylation is 1. The molecule has 0 aliphatic heterocycles. The van der Waals surface area contributed by atoms with Gasteiger partial charge in [-0.2, -0.15) is 5.10 Å². The standard InChI is InChI=1S/C27H30N2O/c1-18(2)22-16-14-20(4)25-26(23-13-9-8-10-19(23)3)28-29(27(22)25)24(30)17-15-21-11-6-5-7-12-21/h5-13,15,17-18,20,22H,14,16H2,1-4H3/b17-15+/t20-,22+/m1/s1. The summed E-state index contributed by atoms with van der Waals surface area (Å²) in [7, 11) is 0. The fourth-order valence-corrected chi connectivity index (χ4v) is 4.65. The number of benzene rings is 2. The zero-order chi connectivity index (χ0) is 21.3. The third-order valence-corrected chi connectivity index (χ3v) is 6.35. The SMILES string of the molecule is Cc1ccccc1-c1nn(C(=O)/C=C/c2ccccc2)c2c1[C@H](C)CC[C@H]2C(C)C. The highest BCUT2D eigenvalue weighted by molar-refractivity contribution is 5.94. The van der Waals surface area contributed by atoms with E-state index >= 15 is 0 Å². The molecule has 0 amide bonds. The number of rotatable bonds is 4. The fraction of sp³-hybridized carbons (Fsp3) is 0.333. The first-order chi connectivity index (χ1) is 14.5. The zero-order valence-electron chi connectivity index (χ0n) is 18.3. The van der Waals surface area contributed by atoms with Crippen LogP contribution in [0.25, 0.3) is 17.3 Å². The summed E-state index contributed by atoms with van der Waals surface area (Å²) in [4.78, 5) is 13.3. The van der Waals surface area contributed by atoms with Crippen LogP contribution in [0.15, 0.2) is 60.7 Å². The second-order valence-electron chi connectivity index (χ2n) is 8.79. The van der Waals surface area contributed by atoms with E-state index in [1.807, 2.05) is 36.4 Å². The van der Waals surface area contributed by atoms with Gasteiger partial charge in [0.25, 0.3) is 5.91 Å². The predicted molar refractivity (Wildman–Crippen MR) is 124 cm³/mol. The number of hydrogen-bond acceptors (Lipinski definition) is 2. The zero-order valence-corrected chi connectivity index (χ0v) is 18.3. The number of carbonyl (C=O) groups excluding carboxylic acids is 1. The molecule has 0 saturated carbocycles. The Bertz CT molecular complexity index is 1080. The lowest BCUT2D eigenvalue weighted by molar-refractivity contribution is 0.0947. The third kappa shape index (κ3) is 3.77. The second kappa shape index (κ2) is 8.43. The van der Waals surface area contributed by atoms with Gasteiger partial charge in [0.1, 0.15) is 0 Å². The molecule has 1 aliphatic carbocycles. The van der Waals surface area contributed by atoms with E-state index in [1.165, 1.54) is 11.1 Å². The van der Waals surface area contributed by atoms with Gasteiger partial charge in [0, 0.05) is 23.1 Å². The molecule has 0 N–H and O–H groups in total. The highest BCUT2D eigenvalue weighted by Crippen LogP contribution is 2.46. The molecule has 2 atom stereocenters. The Morgan fingerprint density at radius 1 is 1.07 bits per heavy atom. The van der Waals surface area contributed by atoms with E-state index < -0.39 is 0 Å². The van der Waals surface area contributed by atoms with E-state index in [0.29, 0.717) is 17.8 Å². The highest BCUT2D eigenvalue weighted by atomic mass is 16.2. The summed E-state index contributed by atoms with van der Waals surface area (Å²) in [5.41, 5.74) is 6.68. The summed E-state index contributed by atoms with van der Waals surface area (Å²) in [5.74, 6) is 1.12. The molecule has 30 heavy (non-hydrogen) atoms. The van der Waals surface area contributed by atoms with Gasteiger partial charge in [-0.25, -0.2) is 4.68 Å². The van der Waals surface area contributed by atoms with Gasteiger partial charge in [-0.05, 0) is 48.8 Å². The van der Waals surface area contributed by atoms with E-state index in [-0.39, 0.29) is 5.91 Å². The molecule has 0 saturated heterocycles. The number of nitrogens with zero attached hydrogens (tertiary/aromatic N) is 2. The van der Waals surface area contributed by atoms with Gasteiger partial charge in [0.15, 0.2) is 0 Å². The van der Waals surface area contributed by atoms with Crippen molar-refractivity contribution in [1.29, 1.82) is 0 Å². The Balaban J connectivity index is 1.86. The first-order valence-electron chi connectivity index (χ1n) is 10.9. The molecule has 3 aromatic rings. The van der Waals surface area contributed by atoms with Crippen LogP contribution in [0.3, 0.4) is 0 Å². The molecular weight excluding hydrogens is 368 g/mol. The lowest BCUT2D eigenvalue weighted by Gasteiger charge is -2.30. The topological polar surface area (TPSA) is 34.9 Å². The van der Waals surface area contributed by atoms with Crippen LogP contribution in [0.1, 0.15) is 72.6 Å². The van der Waals surface area contributed by atoms with Crippen LogP contribution in [0, 0.1) is 12.8 Å². The second-order valence-corrected chi connectivity index (χ2v) is 8.79. The molecule has 0 bridgehead atoms. The third-order valence-electron chi connectivity index (χ3n) is 6.35. The van der Waals surface area contributed by atoms with Gasteiger partial charge in [0.05, 0.1) is 11.4 Å². The van der Waals surface area contributed by atoms with Crippen molar-refractivity contribution in [3.63, 3.8) is 0 Å². The number of fused-ring (bicyclic) bond motifs is 1. The molecule has 3 heteroatoms. The van der Waals surface area contributed by atoms with Crippen LogP contribution in [0.2, 0.25) is 0 Å². The van der Waals surface area contributed by atoms with Crippen molar-refractivity contribution in [3.8, 4) is 11.3 Å². The van der Waals surface area contributed by atoms with Crippen molar-refractivity contribution >= 4 is 12.0 Å². The normalized spacial score (nSPS) is 18.7. The quantitative estimate of drug-likeness (QED) is 0.451. The van der Waals surface area contributed by atoms with Crippen LogP contribution in [-0.2, 0) is 0 Å². The molecule has 4 rings (SSSR count). The summed E-state index contributed by atoms with van der Waals surface area (Å²) in [6.45, 7) is 8.89. The highest BCUT2D eigenvalue weighted by Gasteiger charge is 2.35. The molecule has 0 unspecified atom stereocenters. The molecule has 3 nitrogen and oxygen atoms in total. The maximum atomic E-state index is 13.3. The molecule has 1 aliphatic rings. The van der Waals surface area contributed by atoms with Crippen LogP contribution in [-0.4, -0.2) is 15.7 Å². The van der Waals surface area contributed by atoms with Crippen molar-refractivity contribution in [2.45, 2.75) is 52.4 Å². The lowest BCUT2D eigenvalue weighted by atomic mass is 9.75. The molecule has 1 aromatic heterocycles. The molecule has 0 radical (unpaired) electrons. The van der Waals surface area contributed by atoms with Gasteiger partial charge in [0.2, 0.25) is 0 Å². The largest absolute Gasteiger partial charge is 0.271 e. The Morgan fingerprint density at radius 2 is 1.77 bits per heavy atom. The van der Waals surface area contributed by atoms with Crippen LogP contribution >= 0.6 is 0 Å². The number of hydrogen-bond donors (Lipinski definition) is 0. The van der Waals surface area contributed by atoms with Gasteiger partial charge in [-0.15, -0.1) is 0 Å². The first-order valence-corrected chi connectivity index (χ1v) is 10.9.